The Bertz CT molecular complexity index is 306. The largest absolute Gasteiger partial charge is 0.399 e. The second-order valence-electron chi connectivity index (χ2n) is 3.03. The molecule has 0 fully saturated rings. The molecule has 0 aromatic heterocycles. The minimum Gasteiger partial charge on any atom is -0.399 e. The van der Waals surface area contributed by atoms with E-state index >= 15 is 0 Å². The lowest BCUT2D eigenvalue weighted by Gasteiger charge is -2.08. The van der Waals surface area contributed by atoms with Crippen LogP contribution in [0.1, 0.15) is 13.3 Å². The number of allylic oxidation sites excluding steroid dienone is 4. The van der Waals surface area contributed by atoms with E-state index in [0.29, 0.717) is 11.4 Å². The molecule has 1 aliphatic rings. The highest BCUT2D eigenvalue weighted by Gasteiger charge is 2.16. The van der Waals surface area contributed by atoms with E-state index < -0.39 is 0 Å². The van der Waals surface area contributed by atoms with Crippen LogP contribution in [0, 0.1) is 0 Å². The molecule has 1 rings (SSSR count). The van der Waals surface area contributed by atoms with E-state index in [4.69, 9.17) is 11.5 Å². The van der Waals surface area contributed by atoms with Crippen LogP contribution in [0.25, 0.3) is 0 Å². The highest BCUT2D eigenvalue weighted by molar-refractivity contribution is 5.58. The van der Waals surface area contributed by atoms with Gasteiger partial charge in [0, 0.05) is 22.5 Å². The van der Waals surface area contributed by atoms with Gasteiger partial charge in [0.1, 0.15) is 0 Å². The maximum absolute atomic E-state index is 5.63. The standard InChI is InChI=1S/C10H14N2/c1-6-4-5-9(7(2)11)10(6)8(3)12/h5H,2-4,11-12H2,1H3. The molecule has 0 aromatic carbocycles. The van der Waals surface area contributed by atoms with Crippen molar-refractivity contribution in [2.45, 2.75) is 13.3 Å². The fraction of sp³-hybridized carbons (Fsp3) is 0.200. The van der Waals surface area contributed by atoms with Crippen LogP contribution in [-0.2, 0) is 0 Å². The van der Waals surface area contributed by atoms with E-state index in [1.807, 2.05) is 13.0 Å². The van der Waals surface area contributed by atoms with Crippen molar-refractivity contribution >= 4 is 0 Å². The normalized spacial score (nSPS) is 16.2. The first-order chi connectivity index (χ1) is 5.54. The third-order valence-corrected chi connectivity index (χ3v) is 1.98. The van der Waals surface area contributed by atoms with Gasteiger partial charge in [-0.25, -0.2) is 0 Å². The zero-order chi connectivity index (χ0) is 9.30. The molecule has 0 spiro atoms. The summed E-state index contributed by atoms with van der Waals surface area (Å²) >= 11 is 0. The summed E-state index contributed by atoms with van der Waals surface area (Å²) in [6.07, 6.45) is 2.93. The smallest absolute Gasteiger partial charge is 0.0320 e. The van der Waals surface area contributed by atoms with Crippen molar-refractivity contribution in [3.8, 4) is 0 Å². The molecular weight excluding hydrogens is 148 g/mol. The van der Waals surface area contributed by atoms with E-state index in [0.717, 1.165) is 17.6 Å². The highest BCUT2D eigenvalue weighted by Crippen LogP contribution is 2.31. The van der Waals surface area contributed by atoms with Gasteiger partial charge in [0.15, 0.2) is 0 Å². The molecule has 2 heteroatoms. The van der Waals surface area contributed by atoms with Gasteiger partial charge in [0.05, 0.1) is 0 Å². The van der Waals surface area contributed by atoms with Crippen LogP contribution in [0.4, 0.5) is 0 Å². The lowest BCUT2D eigenvalue weighted by molar-refractivity contribution is 1.20. The second-order valence-corrected chi connectivity index (χ2v) is 3.03. The summed E-state index contributed by atoms with van der Waals surface area (Å²) in [6.45, 7) is 9.41. The van der Waals surface area contributed by atoms with E-state index in [1.165, 1.54) is 5.57 Å². The summed E-state index contributed by atoms with van der Waals surface area (Å²) in [7, 11) is 0. The molecule has 0 unspecified atom stereocenters. The average Bonchev–Trinajstić information content (AvgIpc) is 2.30. The fourth-order valence-electron chi connectivity index (χ4n) is 1.43. The number of rotatable bonds is 2. The van der Waals surface area contributed by atoms with Crippen molar-refractivity contribution in [3.63, 3.8) is 0 Å². The zero-order valence-corrected chi connectivity index (χ0v) is 7.35. The van der Waals surface area contributed by atoms with Crippen molar-refractivity contribution in [1.29, 1.82) is 0 Å². The predicted molar refractivity (Wildman–Crippen MR) is 52.1 cm³/mol. The Morgan fingerprint density at radius 1 is 1.33 bits per heavy atom. The lowest BCUT2D eigenvalue weighted by atomic mass is 10.0. The summed E-state index contributed by atoms with van der Waals surface area (Å²) in [6, 6.07) is 0. The Balaban J connectivity index is 3.09. The van der Waals surface area contributed by atoms with Crippen LogP contribution >= 0.6 is 0 Å². The van der Waals surface area contributed by atoms with Gasteiger partial charge in [-0.1, -0.05) is 24.8 Å². The van der Waals surface area contributed by atoms with Gasteiger partial charge >= 0.3 is 0 Å². The molecule has 12 heavy (non-hydrogen) atoms. The molecule has 4 N–H and O–H groups in total. The Morgan fingerprint density at radius 3 is 2.25 bits per heavy atom. The Kier molecular flexibility index (Phi) is 2.09. The number of hydrogen-bond donors (Lipinski definition) is 2. The minimum absolute atomic E-state index is 0.563. The zero-order valence-electron chi connectivity index (χ0n) is 7.35. The fourth-order valence-corrected chi connectivity index (χ4v) is 1.43. The van der Waals surface area contributed by atoms with Crippen molar-refractivity contribution in [2.24, 2.45) is 11.5 Å². The van der Waals surface area contributed by atoms with Gasteiger partial charge in [0.2, 0.25) is 0 Å². The van der Waals surface area contributed by atoms with Gasteiger partial charge in [-0.15, -0.1) is 0 Å². The van der Waals surface area contributed by atoms with Crippen molar-refractivity contribution in [1.82, 2.24) is 0 Å². The molecule has 0 saturated carbocycles. The Hall–Kier alpha value is -1.44. The molecule has 0 amide bonds. The van der Waals surface area contributed by atoms with Crippen molar-refractivity contribution in [3.05, 3.63) is 47.3 Å². The summed E-state index contributed by atoms with van der Waals surface area (Å²) in [5, 5.41) is 0. The first-order valence-corrected chi connectivity index (χ1v) is 3.83. The third-order valence-electron chi connectivity index (χ3n) is 1.98. The average molecular weight is 162 g/mol. The van der Waals surface area contributed by atoms with Gasteiger partial charge in [-0.05, 0) is 13.3 Å². The second kappa shape index (κ2) is 2.89. The van der Waals surface area contributed by atoms with E-state index in [1.54, 1.807) is 0 Å². The van der Waals surface area contributed by atoms with Gasteiger partial charge < -0.3 is 11.5 Å². The molecule has 0 heterocycles. The van der Waals surface area contributed by atoms with Crippen LogP contribution in [0.5, 0.6) is 0 Å². The molecular formula is C10H14N2. The van der Waals surface area contributed by atoms with E-state index in [2.05, 4.69) is 13.2 Å². The van der Waals surface area contributed by atoms with Crippen molar-refractivity contribution < 1.29 is 0 Å². The quantitative estimate of drug-likeness (QED) is 0.647. The Morgan fingerprint density at radius 2 is 1.92 bits per heavy atom. The molecule has 0 bridgehead atoms. The van der Waals surface area contributed by atoms with Crippen molar-refractivity contribution in [2.75, 3.05) is 0 Å². The molecule has 0 aromatic rings. The highest BCUT2D eigenvalue weighted by atomic mass is 14.6. The first-order valence-electron chi connectivity index (χ1n) is 3.83. The molecule has 2 nitrogen and oxygen atoms in total. The Labute approximate surface area is 72.9 Å². The first kappa shape index (κ1) is 8.65. The molecule has 1 aliphatic carbocycles. The predicted octanol–water partition coefficient (Wildman–Crippen LogP) is 1.58. The summed E-state index contributed by atoms with van der Waals surface area (Å²) in [4.78, 5) is 0. The minimum atomic E-state index is 0.563. The molecule has 0 atom stereocenters. The lowest BCUT2D eigenvalue weighted by Crippen LogP contribution is -2.06. The number of hydrogen-bond acceptors (Lipinski definition) is 2. The molecule has 0 saturated heterocycles. The van der Waals surface area contributed by atoms with E-state index in [-0.39, 0.29) is 0 Å². The van der Waals surface area contributed by atoms with Crippen LogP contribution in [0.15, 0.2) is 47.3 Å². The van der Waals surface area contributed by atoms with Gasteiger partial charge in [-0.3, -0.25) is 0 Å². The molecule has 0 radical (unpaired) electrons. The summed E-state index contributed by atoms with van der Waals surface area (Å²) in [5.41, 5.74) is 15.5. The maximum atomic E-state index is 5.63. The monoisotopic (exact) mass is 162 g/mol. The van der Waals surface area contributed by atoms with Crippen LogP contribution < -0.4 is 11.5 Å². The number of nitrogens with two attached hydrogens (primary N) is 2. The van der Waals surface area contributed by atoms with Crippen LogP contribution in [-0.4, -0.2) is 0 Å². The van der Waals surface area contributed by atoms with Gasteiger partial charge in [0.25, 0.3) is 0 Å². The maximum Gasteiger partial charge on any atom is 0.0320 e. The van der Waals surface area contributed by atoms with Gasteiger partial charge in [-0.2, -0.15) is 0 Å². The van der Waals surface area contributed by atoms with Crippen LogP contribution in [0.2, 0.25) is 0 Å². The third kappa shape index (κ3) is 1.28. The molecule has 0 aliphatic heterocycles. The van der Waals surface area contributed by atoms with E-state index in [9.17, 15) is 0 Å². The topological polar surface area (TPSA) is 52.0 Å². The summed E-state index contributed by atoms with van der Waals surface area (Å²) in [5.74, 6) is 0. The molecule has 64 valence electrons. The SMILES string of the molecule is C=C(N)C1=CCC(C)=C1C(=C)N. The van der Waals surface area contributed by atoms with Crippen LogP contribution in [0.3, 0.4) is 0 Å². The summed E-state index contributed by atoms with van der Waals surface area (Å²) < 4.78 is 0.